The minimum absolute atomic E-state index is 0.0561. The van der Waals surface area contributed by atoms with E-state index in [2.05, 4.69) is 10.6 Å². The van der Waals surface area contributed by atoms with Gasteiger partial charge in [-0.05, 0) is 31.4 Å². The molecule has 2 amide bonds. The zero-order valence-corrected chi connectivity index (χ0v) is 15.5. The Morgan fingerprint density at radius 2 is 1.96 bits per heavy atom. The molecule has 1 aromatic carbocycles. The second kappa shape index (κ2) is 8.83. The van der Waals surface area contributed by atoms with E-state index in [1.165, 1.54) is 12.8 Å². The largest absolute Gasteiger partial charge is 0.356 e. The van der Waals surface area contributed by atoms with Crippen molar-refractivity contribution in [2.24, 2.45) is 0 Å². The van der Waals surface area contributed by atoms with Crippen LogP contribution in [0.4, 0.5) is 0 Å². The number of carbonyl (C=O) groups is 2. The van der Waals surface area contributed by atoms with Gasteiger partial charge in [0.2, 0.25) is 11.8 Å². The van der Waals surface area contributed by atoms with Gasteiger partial charge in [-0.15, -0.1) is 0 Å². The number of rotatable bonds is 8. The summed E-state index contributed by atoms with van der Waals surface area (Å²) >= 11 is 0. The predicted octanol–water partition coefficient (Wildman–Crippen LogP) is 2.55. The van der Waals surface area contributed by atoms with Gasteiger partial charge in [-0.1, -0.05) is 31.9 Å². The third-order valence-corrected chi connectivity index (χ3v) is 4.98. The lowest BCUT2D eigenvalue weighted by molar-refractivity contribution is -0.122. The summed E-state index contributed by atoms with van der Waals surface area (Å²) in [5.41, 5.74) is 1.90. The molecule has 1 saturated carbocycles. The van der Waals surface area contributed by atoms with E-state index in [9.17, 15) is 9.59 Å². The van der Waals surface area contributed by atoms with E-state index in [1.807, 2.05) is 35.8 Å². The Labute approximate surface area is 154 Å². The zero-order chi connectivity index (χ0) is 18.4. The molecule has 1 aromatic heterocycles. The van der Waals surface area contributed by atoms with Crippen molar-refractivity contribution in [3.05, 3.63) is 30.1 Å². The predicted molar refractivity (Wildman–Crippen MR) is 102 cm³/mol. The number of carbonyl (C=O) groups excluding carboxylic acids is 2. The Hall–Kier alpha value is -2.37. The number of hydrogen-bond acceptors (Lipinski definition) is 3. The number of amides is 2. The maximum absolute atomic E-state index is 12.5. The van der Waals surface area contributed by atoms with E-state index in [-0.39, 0.29) is 11.8 Å². The molecule has 2 N–H and O–H groups in total. The molecular weight excluding hydrogens is 328 g/mol. The number of hydrogen-bond donors (Lipinski definition) is 2. The van der Waals surface area contributed by atoms with Gasteiger partial charge in [-0.2, -0.15) is 0 Å². The van der Waals surface area contributed by atoms with E-state index in [4.69, 9.17) is 4.98 Å². The fourth-order valence-corrected chi connectivity index (χ4v) is 3.58. The highest BCUT2D eigenvalue weighted by Gasteiger charge is 2.19. The van der Waals surface area contributed by atoms with Crippen LogP contribution in [-0.2, 0) is 22.6 Å². The molecule has 0 bridgehead atoms. The normalized spacial score (nSPS) is 14.7. The fraction of sp³-hybridized carbons (Fsp3) is 0.550. The number of aromatic nitrogens is 2. The van der Waals surface area contributed by atoms with Gasteiger partial charge in [0.1, 0.15) is 12.4 Å². The summed E-state index contributed by atoms with van der Waals surface area (Å²) in [6.07, 6.45) is 6.61. The van der Waals surface area contributed by atoms with Crippen LogP contribution in [-0.4, -0.2) is 34.0 Å². The van der Waals surface area contributed by atoms with Crippen LogP contribution in [0.3, 0.4) is 0 Å². The lowest BCUT2D eigenvalue weighted by atomic mass is 10.2. The van der Waals surface area contributed by atoms with Crippen molar-refractivity contribution in [1.29, 1.82) is 0 Å². The Balaban J connectivity index is 1.67. The highest BCUT2D eigenvalue weighted by Crippen LogP contribution is 2.19. The molecule has 0 spiro atoms. The van der Waals surface area contributed by atoms with Crippen LogP contribution < -0.4 is 10.6 Å². The quantitative estimate of drug-likeness (QED) is 0.714. The molecule has 0 unspecified atom stereocenters. The first kappa shape index (κ1) is 18.4. The highest BCUT2D eigenvalue weighted by atomic mass is 16.2. The van der Waals surface area contributed by atoms with Crippen LogP contribution in [0, 0.1) is 0 Å². The Bertz CT molecular complexity index is 762. The van der Waals surface area contributed by atoms with Crippen molar-refractivity contribution in [3.63, 3.8) is 0 Å². The smallest absolute Gasteiger partial charge is 0.240 e. The summed E-state index contributed by atoms with van der Waals surface area (Å²) in [5, 5.41) is 6.04. The van der Waals surface area contributed by atoms with Crippen molar-refractivity contribution in [1.82, 2.24) is 20.2 Å². The maximum atomic E-state index is 12.5. The second-order valence-electron chi connectivity index (χ2n) is 6.96. The minimum atomic E-state index is 0.0561. The van der Waals surface area contributed by atoms with Crippen LogP contribution in [0.15, 0.2) is 24.3 Å². The molecule has 26 heavy (non-hydrogen) atoms. The average molecular weight is 356 g/mol. The Morgan fingerprint density at radius 1 is 1.19 bits per heavy atom. The highest BCUT2D eigenvalue weighted by molar-refractivity contribution is 5.81. The number of aryl methyl sites for hydroxylation is 1. The molecule has 1 aliphatic carbocycles. The van der Waals surface area contributed by atoms with E-state index >= 15 is 0 Å². The van der Waals surface area contributed by atoms with Gasteiger partial charge >= 0.3 is 0 Å². The van der Waals surface area contributed by atoms with Crippen LogP contribution in [0.5, 0.6) is 0 Å². The minimum Gasteiger partial charge on any atom is -0.356 e. The summed E-state index contributed by atoms with van der Waals surface area (Å²) in [5.74, 6) is 1.02. The standard InChI is InChI=1S/C20H28N4O2/c1-2-19(25)21-13-7-12-18-23-16-10-5-6-11-17(16)24(18)14-20(26)22-15-8-3-4-9-15/h5-6,10-11,15H,2-4,7-9,12-14H2,1H3,(H,21,25)(H,22,26). The SMILES string of the molecule is CCC(=O)NCCCc1nc2ccccc2n1CC(=O)NC1CCCC1. The molecule has 140 valence electrons. The fourth-order valence-electron chi connectivity index (χ4n) is 3.58. The number of nitrogens with one attached hydrogen (secondary N) is 2. The third-order valence-electron chi connectivity index (χ3n) is 4.98. The van der Waals surface area contributed by atoms with Crippen molar-refractivity contribution in [2.45, 2.75) is 64.5 Å². The second-order valence-corrected chi connectivity index (χ2v) is 6.96. The molecule has 3 rings (SSSR count). The molecule has 6 heteroatoms. The molecule has 0 saturated heterocycles. The van der Waals surface area contributed by atoms with Gasteiger partial charge in [0, 0.05) is 25.4 Å². The number of imidazole rings is 1. The van der Waals surface area contributed by atoms with E-state index in [0.29, 0.717) is 25.6 Å². The first-order valence-electron chi connectivity index (χ1n) is 9.67. The van der Waals surface area contributed by atoms with Crippen LogP contribution in [0.2, 0.25) is 0 Å². The number of fused-ring (bicyclic) bond motifs is 1. The summed E-state index contributed by atoms with van der Waals surface area (Å²) in [4.78, 5) is 28.6. The van der Waals surface area contributed by atoms with Crippen molar-refractivity contribution in [3.8, 4) is 0 Å². The van der Waals surface area contributed by atoms with E-state index in [1.54, 1.807) is 0 Å². The van der Waals surface area contributed by atoms with Gasteiger partial charge in [0.25, 0.3) is 0 Å². The number of benzene rings is 1. The molecule has 0 atom stereocenters. The molecule has 0 radical (unpaired) electrons. The first-order valence-corrected chi connectivity index (χ1v) is 9.67. The summed E-state index contributed by atoms with van der Waals surface area (Å²) < 4.78 is 2.02. The van der Waals surface area contributed by atoms with Crippen molar-refractivity contribution < 1.29 is 9.59 Å². The monoisotopic (exact) mass is 356 g/mol. The van der Waals surface area contributed by atoms with Crippen LogP contribution >= 0.6 is 0 Å². The van der Waals surface area contributed by atoms with Gasteiger partial charge in [0.05, 0.1) is 11.0 Å². The Kier molecular flexibility index (Phi) is 6.26. The molecule has 2 aromatic rings. The number of nitrogens with zero attached hydrogens (tertiary/aromatic N) is 2. The van der Waals surface area contributed by atoms with E-state index in [0.717, 1.165) is 42.5 Å². The zero-order valence-electron chi connectivity index (χ0n) is 15.5. The van der Waals surface area contributed by atoms with Crippen molar-refractivity contribution in [2.75, 3.05) is 6.54 Å². The van der Waals surface area contributed by atoms with Gasteiger partial charge in [0.15, 0.2) is 0 Å². The first-order chi connectivity index (χ1) is 12.7. The topological polar surface area (TPSA) is 76.0 Å². The third kappa shape index (κ3) is 4.62. The van der Waals surface area contributed by atoms with Crippen molar-refractivity contribution >= 4 is 22.8 Å². The van der Waals surface area contributed by atoms with E-state index < -0.39 is 0 Å². The molecule has 0 aliphatic heterocycles. The van der Waals surface area contributed by atoms with Crippen LogP contribution in [0.25, 0.3) is 11.0 Å². The summed E-state index contributed by atoms with van der Waals surface area (Å²) in [7, 11) is 0. The van der Waals surface area contributed by atoms with Gasteiger partial charge in [-0.3, -0.25) is 9.59 Å². The number of para-hydroxylation sites is 2. The lowest BCUT2D eigenvalue weighted by Gasteiger charge is -2.14. The summed E-state index contributed by atoms with van der Waals surface area (Å²) in [6, 6.07) is 8.24. The lowest BCUT2D eigenvalue weighted by Crippen LogP contribution is -2.35. The molecular formula is C20H28N4O2. The molecule has 6 nitrogen and oxygen atoms in total. The molecule has 1 fully saturated rings. The Morgan fingerprint density at radius 3 is 2.73 bits per heavy atom. The maximum Gasteiger partial charge on any atom is 0.240 e. The average Bonchev–Trinajstić information content (AvgIpc) is 3.27. The van der Waals surface area contributed by atoms with Gasteiger partial charge < -0.3 is 15.2 Å². The molecule has 1 heterocycles. The summed E-state index contributed by atoms with van der Waals surface area (Å²) in [6.45, 7) is 2.77. The van der Waals surface area contributed by atoms with Gasteiger partial charge in [-0.25, -0.2) is 4.98 Å². The molecule has 1 aliphatic rings. The van der Waals surface area contributed by atoms with Crippen LogP contribution in [0.1, 0.15) is 51.3 Å².